The summed E-state index contributed by atoms with van der Waals surface area (Å²) in [6, 6.07) is 12.2. The lowest BCUT2D eigenvalue weighted by Gasteiger charge is -2.25. The quantitative estimate of drug-likeness (QED) is 0.667. The van der Waals surface area contributed by atoms with Crippen LogP contribution in [0.3, 0.4) is 0 Å². The highest BCUT2D eigenvalue weighted by Gasteiger charge is 2.30. The lowest BCUT2D eigenvalue weighted by Crippen LogP contribution is -2.37. The van der Waals surface area contributed by atoms with E-state index in [9.17, 15) is 12.8 Å². The van der Waals surface area contributed by atoms with E-state index in [-0.39, 0.29) is 29.7 Å². The molecule has 0 aliphatic carbocycles. The summed E-state index contributed by atoms with van der Waals surface area (Å²) in [5, 5.41) is 8.91. The van der Waals surface area contributed by atoms with Gasteiger partial charge < -0.3 is 4.74 Å². The van der Waals surface area contributed by atoms with E-state index in [4.69, 9.17) is 10.00 Å². The van der Waals surface area contributed by atoms with Crippen LogP contribution in [0.5, 0.6) is 0 Å². The van der Waals surface area contributed by atoms with Gasteiger partial charge in [0.1, 0.15) is 5.82 Å². The van der Waals surface area contributed by atoms with E-state index in [1.54, 1.807) is 12.1 Å². The van der Waals surface area contributed by atoms with Crippen molar-refractivity contribution in [1.82, 2.24) is 4.31 Å². The molecule has 142 valence electrons. The van der Waals surface area contributed by atoms with E-state index >= 15 is 0 Å². The minimum absolute atomic E-state index is 0.0667. The Hall–Kier alpha value is -1.79. The van der Waals surface area contributed by atoms with Gasteiger partial charge in [0.25, 0.3) is 0 Å². The summed E-state index contributed by atoms with van der Waals surface area (Å²) < 4.78 is 48.0. The molecule has 0 N–H and O–H groups in total. The molecule has 1 atom stereocenters. The molecule has 1 heterocycles. The normalized spacial score (nSPS) is 17.2. The summed E-state index contributed by atoms with van der Waals surface area (Å²) in [7, 11) is -3.87. The first-order valence-corrected chi connectivity index (χ1v) is 10.7. The van der Waals surface area contributed by atoms with Gasteiger partial charge in [-0.2, -0.15) is 9.57 Å². The van der Waals surface area contributed by atoms with Crippen molar-refractivity contribution in [2.45, 2.75) is 30.4 Å². The van der Waals surface area contributed by atoms with Crippen LogP contribution in [0, 0.1) is 17.1 Å². The van der Waals surface area contributed by atoms with Gasteiger partial charge in [-0.15, -0.1) is 0 Å². The van der Waals surface area contributed by atoms with E-state index in [1.165, 1.54) is 34.6 Å². The van der Waals surface area contributed by atoms with Crippen LogP contribution in [-0.2, 0) is 21.3 Å². The van der Waals surface area contributed by atoms with Crippen molar-refractivity contribution in [2.75, 3.05) is 13.2 Å². The predicted molar refractivity (Wildman–Crippen MR) is 102 cm³/mol. The fourth-order valence-electron chi connectivity index (χ4n) is 2.95. The first kappa shape index (κ1) is 20.0. The highest BCUT2D eigenvalue weighted by molar-refractivity contribution is 9.10. The Morgan fingerprint density at radius 1 is 1.26 bits per heavy atom. The van der Waals surface area contributed by atoms with Crippen LogP contribution in [-0.4, -0.2) is 32.0 Å². The standard InChI is InChI=1S/C19H18BrFN2O3S/c20-16-6-5-15(19(21)10-16)12-23(13-17-2-1-9-26-17)27(24,25)18-7-3-14(11-22)4-8-18/h3-8,10,17H,1-2,9,12-13H2. The molecule has 8 heteroatoms. The molecule has 1 aliphatic heterocycles. The van der Waals surface area contributed by atoms with Crippen LogP contribution in [0.2, 0.25) is 0 Å². The van der Waals surface area contributed by atoms with Crippen molar-refractivity contribution in [2.24, 2.45) is 0 Å². The third-order valence-corrected chi connectivity index (χ3v) is 6.73. The van der Waals surface area contributed by atoms with E-state index in [0.29, 0.717) is 16.6 Å². The molecule has 3 rings (SSSR count). The van der Waals surface area contributed by atoms with Gasteiger partial charge in [0.2, 0.25) is 10.0 Å². The smallest absolute Gasteiger partial charge is 0.243 e. The van der Waals surface area contributed by atoms with Crippen molar-refractivity contribution in [3.05, 3.63) is 63.9 Å². The van der Waals surface area contributed by atoms with Gasteiger partial charge in [0, 0.05) is 29.7 Å². The van der Waals surface area contributed by atoms with Crippen molar-refractivity contribution >= 4 is 26.0 Å². The average molecular weight is 453 g/mol. The zero-order valence-corrected chi connectivity index (χ0v) is 16.8. The van der Waals surface area contributed by atoms with Gasteiger partial charge in [-0.05, 0) is 49.2 Å². The average Bonchev–Trinajstić information content (AvgIpc) is 3.16. The zero-order chi connectivity index (χ0) is 19.4. The van der Waals surface area contributed by atoms with Gasteiger partial charge in [-0.25, -0.2) is 12.8 Å². The number of hydrogen-bond acceptors (Lipinski definition) is 4. The molecule has 0 aromatic heterocycles. The van der Waals surface area contributed by atoms with Crippen molar-refractivity contribution in [3.8, 4) is 6.07 Å². The van der Waals surface area contributed by atoms with E-state index in [1.807, 2.05) is 6.07 Å². The van der Waals surface area contributed by atoms with Gasteiger partial charge >= 0.3 is 0 Å². The second-order valence-electron chi connectivity index (χ2n) is 6.30. The Bertz CT molecular complexity index is 952. The lowest BCUT2D eigenvalue weighted by atomic mass is 10.2. The number of nitriles is 1. The Kier molecular flexibility index (Phi) is 6.27. The molecule has 1 saturated heterocycles. The lowest BCUT2D eigenvalue weighted by molar-refractivity contribution is 0.0924. The van der Waals surface area contributed by atoms with Crippen molar-refractivity contribution in [1.29, 1.82) is 5.26 Å². The molecule has 1 fully saturated rings. The molecule has 2 aromatic rings. The Morgan fingerprint density at radius 3 is 2.59 bits per heavy atom. The number of benzene rings is 2. The number of hydrogen-bond donors (Lipinski definition) is 0. The van der Waals surface area contributed by atoms with E-state index in [2.05, 4.69) is 15.9 Å². The molecule has 0 amide bonds. The third kappa shape index (κ3) is 4.74. The third-order valence-electron chi connectivity index (χ3n) is 4.41. The summed E-state index contributed by atoms with van der Waals surface area (Å²) >= 11 is 3.21. The molecule has 1 aliphatic rings. The first-order chi connectivity index (χ1) is 12.9. The fourth-order valence-corrected chi connectivity index (χ4v) is 4.74. The minimum Gasteiger partial charge on any atom is -0.377 e. The van der Waals surface area contributed by atoms with Crippen LogP contribution in [0.25, 0.3) is 0 Å². The highest BCUT2D eigenvalue weighted by Crippen LogP contribution is 2.24. The van der Waals surface area contributed by atoms with E-state index < -0.39 is 15.8 Å². The second kappa shape index (κ2) is 8.48. The molecule has 1 unspecified atom stereocenters. The molecule has 0 spiro atoms. The van der Waals surface area contributed by atoms with Gasteiger partial charge in [0.15, 0.2) is 0 Å². The predicted octanol–water partition coefficient (Wildman–Crippen LogP) is 3.83. The maximum absolute atomic E-state index is 14.3. The molecule has 5 nitrogen and oxygen atoms in total. The topological polar surface area (TPSA) is 70.4 Å². The van der Waals surface area contributed by atoms with E-state index in [0.717, 1.165) is 12.8 Å². The SMILES string of the molecule is N#Cc1ccc(S(=O)(=O)N(Cc2ccc(Br)cc2F)CC2CCCO2)cc1. The summed E-state index contributed by atoms with van der Waals surface area (Å²) in [6.45, 7) is 0.654. The molecule has 2 aromatic carbocycles. The minimum atomic E-state index is -3.87. The Balaban J connectivity index is 1.93. The fraction of sp³-hybridized carbons (Fsp3) is 0.316. The molecule has 0 bridgehead atoms. The highest BCUT2D eigenvalue weighted by atomic mass is 79.9. The van der Waals surface area contributed by atoms with Crippen molar-refractivity contribution < 1.29 is 17.5 Å². The molecule has 0 radical (unpaired) electrons. The number of halogens is 2. The molecular formula is C19H18BrFN2O3S. The van der Waals surface area contributed by atoms with Crippen LogP contribution in [0.1, 0.15) is 24.0 Å². The van der Waals surface area contributed by atoms with Gasteiger partial charge in [0.05, 0.1) is 22.6 Å². The largest absolute Gasteiger partial charge is 0.377 e. The Morgan fingerprint density at radius 2 is 2.00 bits per heavy atom. The van der Waals surface area contributed by atoms with Crippen LogP contribution in [0.4, 0.5) is 4.39 Å². The summed E-state index contributed by atoms with van der Waals surface area (Å²) in [6.07, 6.45) is 1.43. The Labute approximate surface area is 166 Å². The molecule has 0 saturated carbocycles. The molecule has 27 heavy (non-hydrogen) atoms. The zero-order valence-electron chi connectivity index (χ0n) is 14.4. The van der Waals surface area contributed by atoms with Gasteiger partial charge in [-0.1, -0.05) is 22.0 Å². The number of nitrogens with zero attached hydrogens (tertiary/aromatic N) is 2. The van der Waals surface area contributed by atoms with Crippen LogP contribution < -0.4 is 0 Å². The van der Waals surface area contributed by atoms with Crippen molar-refractivity contribution in [3.63, 3.8) is 0 Å². The summed E-state index contributed by atoms with van der Waals surface area (Å²) in [5.74, 6) is -0.475. The number of rotatable bonds is 6. The summed E-state index contributed by atoms with van der Waals surface area (Å²) in [5.41, 5.74) is 0.659. The van der Waals surface area contributed by atoms with Crippen LogP contribution in [0.15, 0.2) is 51.8 Å². The number of ether oxygens (including phenoxy) is 1. The maximum Gasteiger partial charge on any atom is 0.243 e. The first-order valence-electron chi connectivity index (χ1n) is 8.46. The van der Waals surface area contributed by atoms with Crippen LogP contribution >= 0.6 is 15.9 Å². The monoisotopic (exact) mass is 452 g/mol. The second-order valence-corrected chi connectivity index (χ2v) is 9.16. The number of sulfonamides is 1. The van der Waals surface area contributed by atoms with Gasteiger partial charge in [-0.3, -0.25) is 0 Å². The summed E-state index contributed by atoms with van der Waals surface area (Å²) in [4.78, 5) is 0.0667. The molecular weight excluding hydrogens is 435 g/mol. The maximum atomic E-state index is 14.3.